The van der Waals surface area contributed by atoms with Gasteiger partial charge in [0.15, 0.2) is 0 Å². The largest absolute Gasteiger partial charge is 0.380 e. The Morgan fingerprint density at radius 2 is 2.21 bits per heavy atom. The predicted molar refractivity (Wildman–Crippen MR) is 77.4 cm³/mol. The third kappa shape index (κ3) is 1.96. The highest BCUT2D eigenvalue weighted by Gasteiger charge is 2.18. The molecule has 0 saturated carbocycles. The zero-order valence-corrected chi connectivity index (χ0v) is 11.3. The minimum atomic E-state index is 0.478. The van der Waals surface area contributed by atoms with E-state index in [1.54, 1.807) is 0 Å². The van der Waals surface area contributed by atoms with E-state index in [1.165, 1.54) is 5.56 Å². The fourth-order valence-corrected chi connectivity index (χ4v) is 2.80. The van der Waals surface area contributed by atoms with Crippen molar-refractivity contribution in [1.82, 2.24) is 10.3 Å². The van der Waals surface area contributed by atoms with Gasteiger partial charge in [0.25, 0.3) is 0 Å². The maximum atomic E-state index is 9.21. The first kappa shape index (κ1) is 12.1. The molecule has 1 aromatic heterocycles. The van der Waals surface area contributed by atoms with Crippen LogP contribution in [-0.4, -0.2) is 24.1 Å². The molecule has 1 aliphatic heterocycles. The first-order valence-corrected chi connectivity index (χ1v) is 6.70. The molecule has 3 rings (SSSR count). The van der Waals surface area contributed by atoms with Crippen LogP contribution in [0.1, 0.15) is 23.2 Å². The first-order chi connectivity index (χ1) is 9.20. The summed E-state index contributed by atoms with van der Waals surface area (Å²) in [6.45, 7) is 6.23. The van der Waals surface area contributed by atoms with Crippen LogP contribution < -0.4 is 10.6 Å². The monoisotopic (exact) mass is 254 g/mol. The lowest BCUT2D eigenvalue weighted by atomic mass is 10.1. The van der Waals surface area contributed by atoms with Crippen LogP contribution >= 0.6 is 0 Å². The van der Waals surface area contributed by atoms with Crippen LogP contribution in [0.2, 0.25) is 0 Å². The highest BCUT2D eigenvalue weighted by Crippen LogP contribution is 2.31. The van der Waals surface area contributed by atoms with Crippen LogP contribution in [0.15, 0.2) is 12.1 Å². The van der Waals surface area contributed by atoms with Gasteiger partial charge in [-0.25, -0.2) is 0 Å². The summed E-state index contributed by atoms with van der Waals surface area (Å²) in [6.07, 6.45) is 1.14. The lowest BCUT2D eigenvalue weighted by Crippen LogP contribution is -2.22. The van der Waals surface area contributed by atoms with E-state index < -0.39 is 0 Å². The number of nitriles is 1. The lowest BCUT2D eigenvalue weighted by molar-refractivity contribution is 0.794. The summed E-state index contributed by atoms with van der Waals surface area (Å²) >= 11 is 0. The van der Waals surface area contributed by atoms with E-state index in [1.807, 2.05) is 12.1 Å². The molecule has 0 spiro atoms. The second-order valence-corrected chi connectivity index (χ2v) is 5.23. The molecule has 0 radical (unpaired) electrons. The van der Waals surface area contributed by atoms with Crippen LogP contribution in [0.3, 0.4) is 0 Å². The molecule has 4 nitrogen and oxygen atoms in total. The highest BCUT2D eigenvalue weighted by molar-refractivity contribution is 5.99. The number of hydrogen-bond acceptors (Lipinski definition) is 3. The third-order valence-corrected chi connectivity index (χ3v) is 4.00. The molecule has 3 N–H and O–H groups in total. The van der Waals surface area contributed by atoms with Crippen molar-refractivity contribution in [2.45, 2.75) is 26.3 Å². The number of anilines is 1. The topological polar surface area (TPSA) is 63.6 Å². The molecule has 2 aromatic rings. The van der Waals surface area contributed by atoms with Gasteiger partial charge in [0.2, 0.25) is 0 Å². The number of aryl methyl sites for hydroxylation is 2. The number of fused-ring (bicyclic) bond motifs is 1. The minimum absolute atomic E-state index is 0.478. The standard InChI is InChI=1S/C15H18N4/c1-9-10(2)18-15-11(7-16)3-4-13(14(9)15)19-12-5-6-17-8-12/h3-4,12,17-19H,5-6,8H2,1-2H3. The number of nitrogens with zero attached hydrogens (tertiary/aromatic N) is 1. The summed E-state index contributed by atoms with van der Waals surface area (Å²) in [5, 5.41) is 17.3. The molecule has 19 heavy (non-hydrogen) atoms. The van der Waals surface area contributed by atoms with Gasteiger partial charge in [-0.05, 0) is 44.5 Å². The summed E-state index contributed by atoms with van der Waals surface area (Å²) in [5.41, 5.74) is 5.14. The average Bonchev–Trinajstić information content (AvgIpc) is 3.00. The average molecular weight is 254 g/mol. The molecule has 4 heteroatoms. The molecule has 0 amide bonds. The lowest BCUT2D eigenvalue weighted by Gasteiger charge is -2.14. The van der Waals surface area contributed by atoms with Crippen LogP contribution in [0.25, 0.3) is 10.9 Å². The number of aromatic nitrogens is 1. The van der Waals surface area contributed by atoms with Gasteiger partial charge in [0, 0.05) is 29.4 Å². The van der Waals surface area contributed by atoms with E-state index in [4.69, 9.17) is 0 Å². The Morgan fingerprint density at radius 1 is 1.37 bits per heavy atom. The smallest absolute Gasteiger partial charge is 0.101 e. The Hall–Kier alpha value is -1.99. The number of benzene rings is 1. The number of rotatable bonds is 2. The minimum Gasteiger partial charge on any atom is -0.380 e. The molecule has 1 aliphatic rings. The number of nitrogens with one attached hydrogen (secondary N) is 3. The van der Waals surface area contributed by atoms with Crippen molar-refractivity contribution in [1.29, 1.82) is 5.26 Å². The second kappa shape index (κ2) is 4.60. The molecule has 2 heterocycles. The molecule has 1 unspecified atom stereocenters. The van der Waals surface area contributed by atoms with Gasteiger partial charge >= 0.3 is 0 Å². The van der Waals surface area contributed by atoms with E-state index in [9.17, 15) is 5.26 Å². The predicted octanol–water partition coefficient (Wildman–Crippen LogP) is 2.43. The Bertz CT molecular complexity index is 657. The fourth-order valence-electron chi connectivity index (χ4n) is 2.80. The molecular formula is C15H18N4. The SMILES string of the molecule is Cc1[nH]c2c(C#N)ccc(NC3CCNC3)c2c1C. The Balaban J connectivity index is 2.11. The molecule has 1 aromatic carbocycles. The maximum absolute atomic E-state index is 9.21. The summed E-state index contributed by atoms with van der Waals surface area (Å²) in [7, 11) is 0. The van der Waals surface area contributed by atoms with E-state index in [0.717, 1.165) is 41.8 Å². The summed E-state index contributed by atoms with van der Waals surface area (Å²) in [6, 6.07) is 6.66. The maximum Gasteiger partial charge on any atom is 0.101 e. The molecule has 98 valence electrons. The van der Waals surface area contributed by atoms with E-state index >= 15 is 0 Å². The van der Waals surface area contributed by atoms with Gasteiger partial charge in [-0.2, -0.15) is 5.26 Å². The van der Waals surface area contributed by atoms with Crippen molar-refractivity contribution in [3.8, 4) is 6.07 Å². The van der Waals surface area contributed by atoms with Crippen molar-refractivity contribution in [3.63, 3.8) is 0 Å². The van der Waals surface area contributed by atoms with Crippen LogP contribution in [-0.2, 0) is 0 Å². The van der Waals surface area contributed by atoms with Crippen molar-refractivity contribution < 1.29 is 0 Å². The quantitative estimate of drug-likeness (QED) is 0.771. The van der Waals surface area contributed by atoms with Gasteiger partial charge < -0.3 is 15.6 Å². The number of H-pyrrole nitrogens is 1. The highest BCUT2D eigenvalue weighted by atomic mass is 15.0. The Kier molecular flexibility index (Phi) is 2.92. The molecule has 1 saturated heterocycles. The zero-order valence-electron chi connectivity index (χ0n) is 11.3. The molecule has 0 bridgehead atoms. The Labute approximate surface area is 112 Å². The molecule has 1 atom stereocenters. The Morgan fingerprint density at radius 3 is 2.89 bits per heavy atom. The van der Waals surface area contributed by atoms with E-state index in [-0.39, 0.29) is 0 Å². The summed E-state index contributed by atoms with van der Waals surface area (Å²) < 4.78 is 0. The molecular weight excluding hydrogens is 236 g/mol. The summed E-state index contributed by atoms with van der Waals surface area (Å²) in [5.74, 6) is 0. The second-order valence-electron chi connectivity index (χ2n) is 5.23. The van der Waals surface area contributed by atoms with E-state index in [2.05, 4.69) is 35.5 Å². The van der Waals surface area contributed by atoms with Gasteiger partial charge in [0.05, 0.1) is 11.1 Å². The van der Waals surface area contributed by atoms with Gasteiger partial charge in [-0.1, -0.05) is 0 Å². The normalized spacial score (nSPS) is 18.7. The van der Waals surface area contributed by atoms with Crippen molar-refractivity contribution >= 4 is 16.6 Å². The van der Waals surface area contributed by atoms with Crippen LogP contribution in [0.4, 0.5) is 5.69 Å². The third-order valence-electron chi connectivity index (χ3n) is 4.00. The van der Waals surface area contributed by atoms with Gasteiger partial charge in [-0.15, -0.1) is 0 Å². The van der Waals surface area contributed by atoms with Crippen LogP contribution in [0.5, 0.6) is 0 Å². The van der Waals surface area contributed by atoms with Crippen molar-refractivity contribution in [3.05, 3.63) is 29.0 Å². The van der Waals surface area contributed by atoms with Crippen LogP contribution in [0, 0.1) is 25.2 Å². The number of aromatic amines is 1. The van der Waals surface area contributed by atoms with Gasteiger partial charge in [0.1, 0.15) is 6.07 Å². The molecule has 1 fully saturated rings. The first-order valence-electron chi connectivity index (χ1n) is 6.70. The van der Waals surface area contributed by atoms with Crippen molar-refractivity contribution in [2.75, 3.05) is 18.4 Å². The summed E-state index contributed by atoms with van der Waals surface area (Å²) in [4.78, 5) is 3.33. The fraction of sp³-hybridized carbons (Fsp3) is 0.400. The van der Waals surface area contributed by atoms with Gasteiger partial charge in [-0.3, -0.25) is 0 Å². The zero-order chi connectivity index (χ0) is 13.4. The molecule has 0 aliphatic carbocycles. The van der Waals surface area contributed by atoms with Crippen molar-refractivity contribution in [2.24, 2.45) is 0 Å². The van der Waals surface area contributed by atoms with E-state index in [0.29, 0.717) is 11.6 Å². The number of hydrogen-bond donors (Lipinski definition) is 3.